The first-order chi connectivity index (χ1) is 10.6. The van der Waals surface area contributed by atoms with Crippen molar-refractivity contribution in [3.05, 3.63) is 11.8 Å². The molecule has 0 aromatic carbocycles. The highest BCUT2D eigenvalue weighted by Crippen LogP contribution is 2.35. The number of Topliss-reactive ketones (excluding diaryl/α,β-unsaturated/α-hetero) is 1. The van der Waals surface area contributed by atoms with Gasteiger partial charge in [-0.25, -0.2) is 0 Å². The lowest BCUT2D eigenvalue weighted by Gasteiger charge is -2.43. The molecule has 0 bridgehead atoms. The monoisotopic (exact) mass is 304 g/mol. The molecule has 22 heavy (non-hydrogen) atoms. The molecule has 2 aliphatic heterocycles. The zero-order valence-electron chi connectivity index (χ0n) is 14.4. The molecule has 1 aliphatic carbocycles. The van der Waals surface area contributed by atoms with Gasteiger partial charge >= 0.3 is 0 Å². The zero-order chi connectivity index (χ0) is 15.6. The molecule has 2 heterocycles. The average molecular weight is 304 g/mol. The standard InChI is InChI=1S/C19H32N2O/c1-19(2)13-17(22)16(14-20-19)18(15-9-5-3-6-10-15)21-11-7-4-8-12-21/h14-15,18,20H,3-13H2,1-2H3. The van der Waals surface area contributed by atoms with Crippen LogP contribution in [0.2, 0.25) is 0 Å². The summed E-state index contributed by atoms with van der Waals surface area (Å²) in [6.07, 6.45) is 13.3. The van der Waals surface area contributed by atoms with E-state index in [2.05, 4.69) is 30.3 Å². The van der Waals surface area contributed by atoms with E-state index in [1.54, 1.807) is 0 Å². The molecule has 3 heteroatoms. The molecule has 3 nitrogen and oxygen atoms in total. The van der Waals surface area contributed by atoms with Gasteiger partial charge in [0.25, 0.3) is 0 Å². The Balaban J connectivity index is 1.83. The van der Waals surface area contributed by atoms with Gasteiger partial charge in [0.05, 0.1) is 0 Å². The second-order valence-electron chi connectivity index (χ2n) is 8.17. The van der Waals surface area contributed by atoms with Crippen LogP contribution >= 0.6 is 0 Å². The third-order valence-corrected chi connectivity index (χ3v) is 5.74. The van der Waals surface area contributed by atoms with Crippen LogP contribution in [0.3, 0.4) is 0 Å². The van der Waals surface area contributed by atoms with Crippen LogP contribution in [0, 0.1) is 5.92 Å². The fraction of sp³-hybridized carbons (Fsp3) is 0.842. The van der Waals surface area contributed by atoms with Gasteiger partial charge in [0, 0.05) is 29.8 Å². The second-order valence-corrected chi connectivity index (χ2v) is 8.17. The molecule has 0 radical (unpaired) electrons. The van der Waals surface area contributed by atoms with Gasteiger partial charge in [0.1, 0.15) is 0 Å². The largest absolute Gasteiger partial charge is 0.385 e. The average Bonchev–Trinajstić information content (AvgIpc) is 2.51. The van der Waals surface area contributed by atoms with Crippen LogP contribution in [0.25, 0.3) is 0 Å². The lowest BCUT2D eigenvalue weighted by Crippen LogP contribution is -2.51. The second kappa shape index (κ2) is 6.74. The van der Waals surface area contributed by atoms with Crippen LogP contribution in [0.4, 0.5) is 0 Å². The minimum Gasteiger partial charge on any atom is -0.385 e. The fourth-order valence-electron chi connectivity index (χ4n) is 4.55. The van der Waals surface area contributed by atoms with E-state index in [0.29, 0.717) is 24.2 Å². The van der Waals surface area contributed by atoms with Gasteiger partial charge in [-0.2, -0.15) is 0 Å². The molecule has 0 aromatic rings. The zero-order valence-corrected chi connectivity index (χ0v) is 14.4. The summed E-state index contributed by atoms with van der Waals surface area (Å²) < 4.78 is 0. The summed E-state index contributed by atoms with van der Waals surface area (Å²) in [5.41, 5.74) is 0.993. The Bertz CT molecular complexity index is 411. The number of rotatable bonds is 3. The highest BCUT2D eigenvalue weighted by atomic mass is 16.1. The lowest BCUT2D eigenvalue weighted by molar-refractivity contribution is -0.118. The number of carbonyl (C=O) groups excluding carboxylic acids is 1. The Morgan fingerprint density at radius 1 is 1.09 bits per heavy atom. The number of piperidine rings is 1. The number of ketones is 1. The number of likely N-dealkylation sites (tertiary alicyclic amines) is 1. The van der Waals surface area contributed by atoms with Gasteiger partial charge < -0.3 is 5.32 Å². The Morgan fingerprint density at radius 3 is 2.36 bits per heavy atom. The molecule has 124 valence electrons. The molecule has 3 aliphatic rings. The van der Waals surface area contributed by atoms with Gasteiger partial charge in [-0.15, -0.1) is 0 Å². The van der Waals surface area contributed by atoms with Gasteiger partial charge in [0.15, 0.2) is 5.78 Å². The summed E-state index contributed by atoms with van der Waals surface area (Å²) in [5, 5.41) is 3.49. The van der Waals surface area contributed by atoms with Crippen molar-refractivity contribution in [3.63, 3.8) is 0 Å². The van der Waals surface area contributed by atoms with Crippen LogP contribution < -0.4 is 5.32 Å². The summed E-state index contributed by atoms with van der Waals surface area (Å²) in [5.74, 6) is 1.06. The first kappa shape index (κ1) is 16.0. The van der Waals surface area contributed by atoms with E-state index in [9.17, 15) is 4.79 Å². The number of carbonyl (C=O) groups is 1. The van der Waals surface area contributed by atoms with E-state index in [1.807, 2.05) is 0 Å². The third-order valence-electron chi connectivity index (χ3n) is 5.74. The molecular formula is C19H32N2O. The Kier molecular flexibility index (Phi) is 4.91. The van der Waals surface area contributed by atoms with Crippen LogP contribution in [0.1, 0.15) is 71.6 Å². The van der Waals surface area contributed by atoms with Crippen LogP contribution in [-0.2, 0) is 4.79 Å². The van der Waals surface area contributed by atoms with Crippen molar-refractivity contribution in [1.82, 2.24) is 10.2 Å². The molecule has 1 N–H and O–H groups in total. The summed E-state index contributed by atoms with van der Waals surface area (Å²) in [4.78, 5) is 15.4. The van der Waals surface area contributed by atoms with Gasteiger partial charge in [-0.3, -0.25) is 9.69 Å². The van der Waals surface area contributed by atoms with E-state index in [1.165, 1.54) is 64.5 Å². The number of nitrogens with zero attached hydrogens (tertiary/aromatic N) is 1. The van der Waals surface area contributed by atoms with E-state index >= 15 is 0 Å². The predicted molar refractivity (Wildman–Crippen MR) is 90.7 cm³/mol. The van der Waals surface area contributed by atoms with Crippen molar-refractivity contribution in [2.24, 2.45) is 5.92 Å². The predicted octanol–water partition coefficient (Wildman–Crippen LogP) is 3.65. The van der Waals surface area contributed by atoms with E-state index in [4.69, 9.17) is 0 Å². The van der Waals surface area contributed by atoms with Crippen molar-refractivity contribution in [2.45, 2.75) is 83.2 Å². The Hall–Kier alpha value is -0.830. The number of hydrogen-bond acceptors (Lipinski definition) is 3. The fourth-order valence-corrected chi connectivity index (χ4v) is 4.55. The van der Waals surface area contributed by atoms with Crippen molar-refractivity contribution in [3.8, 4) is 0 Å². The third kappa shape index (κ3) is 3.56. The first-order valence-corrected chi connectivity index (χ1v) is 9.32. The molecule has 1 atom stereocenters. The van der Waals surface area contributed by atoms with Gasteiger partial charge in [-0.1, -0.05) is 25.7 Å². The highest BCUT2D eigenvalue weighted by molar-refractivity contribution is 5.98. The molecular weight excluding hydrogens is 272 g/mol. The summed E-state index contributed by atoms with van der Waals surface area (Å²) in [6.45, 7) is 6.59. The molecule has 0 spiro atoms. The minimum absolute atomic E-state index is 0.0837. The summed E-state index contributed by atoms with van der Waals surface area (Å²) in [6, 6.07) is 0.372. The molecule has 1 saturated carbocycles. The van der Waals surface area contributed by atoms with Crippen LogP contribution in [0.5, 0.6) is 0 Å². The maximum Gasteiger partial charge on any atom is 0.164 e. The molecule has 1 unspecified atom stereocenters. The van der Waals surface area contributed by atoms with Crippen LogP contribution in [0.15, 0.2) is 11.8 Å². The van der Waals surface area contributed by atoms with Crippen molar-refractivity contribution in [2.75, 3.05) is 13.1 Å². The van der Waals surface area contributed by atoms with E-state index < -0.39 is 0 Å². The van der Waals surface area contributed by atoms with Crippen molar-refractivity contribution < 1.29 is 4.79 Å². The smallest absolute Gasteiger partial charge is 0.164 e. The summed E-state index contributed by atoms with van der Waals surface area (Å²) in [7, 11) is 0. The van der Waals surface area contributed by atoms with Gasteiger partial charge in [0.2, 0.25) is 0 Å². The maximum atomic E-state index is 12.8. The van der Waals surface area contributed by atoms with Crippen LogP contribution in [-0.4, -0.2) is 35.4 Å². The lowest BCUT2D eigenvalue weighted by atomic mass is 9.76. The Labute approximate surface area is 135 Å². The van der Waals surface area contributed by atoms with Crippen molar-refractivity contribution >= 4 is 5.78 Å². The minimum atomic E-state index is -0.0837. The van der Waals surface area contributed by atoms with E-state index in [-0.39, 0.29) is 5.54 Å². The van der Waals surface area contributed by atoms with Gasteiger partial charge in [-0.05, 0) is 58.5 Å². The Morgan fingerprint density at radius 2 is 1.73 bits per heavy atom. The molecule has 0 aromatic heterocycles. The summed E-state index contributed by atoms with van der Waals surface area (Å²) >= 11 is 0. The van der Waals surface area contributed by atoms with Crippen molar-refractivity contribution in [1.29, 1.82) is 0 Å². The number of hydrogen-bond donors (Lipinski definition) is 1. The molecule has 2 fully saturated rings. The molecule has 3 rings (SSSR count). The highest BCUT2D eigenvalue weighted by Gasteiger charge is 2.38. The normalized spacial score (nSPS) is 28.8. The number of nitrogens with one attached hydrogen (secondary N) is 1. The first-order valence-electron chi connectivity index (χ1n) is 9.32. The maximum absolute atomic E-state index is 12.8. The van der Waals surface area contributed by atoms with E-state index in [0.717, 1.165) is 5.57 Å². The topological polar surface area (TPSA) is 32.3 Å². The SMILES string of the molecule is CC1(C)CC(=O)C(C(C2CCCCC2)N2CCCCC2)=CN1. The molecule has 0 amide bonds. The molecule has 1 saturated heterocycles. The quantitative estimate of drug-likeness (QED) is 0.864.